The first kappa shape index (κ1) is 11.9. The fourth-order valence-corrected chi connectivity index (χ4v) is 1.96. The number of piperidine rings is 1. The second-order valence-corrected chi connectivity index (χ2v) is 4.11. The lowest BCUT2D eigenvalue weighted by Gasteiger charge is -2.30. The van der Waals surface area contributed by atoms with Crippen LogP contribution in [0.4, 0.5) is 0 Å². The number of hydrogen-bond donors (Lipinski definition) is 0. The molecule has 0 unspecified atom stereocenters. The lowest BCUT2D eigenvalue weighted by Crippen LogP contribution is -2.39. The van der Waals surface area contributed by atoms with Crippen LogP contribution in [0.1, 0.15) is 18.6 Å². The fraction of sp³-hybridized carbons (Fsp3) is 0.462. The summed E-state index contributed by atoms with van der Waals surface area (Å²) in [6, 6.07) is 3.62. The third kappa shape index (κ3) is 3.20. The molecule has 0 N–H and O–H groups in total. The summed E-state index contributed by atoms with van der Waals surface area (Å²) in [6.07, 6.45) is 6.98. The molecule has 1 amide bonds. The predicted octanol–water partition coefficient (Wildman–Crippen LogP) is 1.93. The molecule has 1 aromatic rings. The summed E-state index contributed by atoms with van der Waals surface area (Å²) >= 11 is 0. The normalized spacial score (nSPS) is 17.8. The van der Waals surface area contributed by atoms with Crippen molar-refractivity contribution in [3.63, 3.8) is 0 Å². The van der Waals surface area contributed by atoms with Gasteiger partial charge in [-0.15, -0.1) is 0 Å². The van der Waals surface area contributed by atoms with Crippen molar-refractivity contribution in [2.75, 3.05) is 20.2 Å². The Hall–Kier alpha value is -1.55. The van der Waals surface area contributed by atoms with Crippen molar-refractivity contribution < 1.29 is 13.9 Å². The van der Waals surface area contributed by atoms with E-state index in [0.29, 0.717) is 11.9 Å². The Morgan fingerprint density at radius 1 is 1.53 bits per heavy atom. The minimum atomic E-state index is 0.0379. The van der Waals surface area contributed by atoms with Crippen molar-refractivity contribution >= 4 is 12.0 Å². The molecule has 1 fully saturated rings. The van der Waals surface area contributed by atoms with Gasteiger partial charge in [-0.2, -0.15) is 0 Å². The quantitative estimate of drug-likeness (QED) is 0.752. The van der Waals surface area contributed by atoms with Crippen LogP contribution in [-0.4, -0.2) is 37.1 Å². The lowest BCUT2D eigenvalue weighted by atomic mass is 10.1. The number of rotatable bonds is 3. The smallest absolute Gasteiger partial charge is 0.246 e. The molecular formula is C13H17NO3. The van der Waals surface area contributed by atoms with Gasteiger partial charge in [-0.25, -0.2) is 0 Å². The zero-order valence-corrected chi connectivity index (χ0v) is 9.96. The number of nitrogens with zero attached hydrogens (tertiary/aromatic N) is 1. The zero-order chi connectivity index (χ0) is 12.1. The van der Waals surface area contributed by atoms with Crippen LogP contribution < -0.4 is 0 Å². The number of furan rings is 1. The van der Waals surface area contributed by atoms with E-state index in [1.807, 2.05) is 11.0 Å². The number of ether oxygens (including phenoxy) is 1. The van der Waals surface area contributed by atoms with E-state index in [2.05, 4.69) is 0 Å². The van der Waals surface area contributed by atoms with E-state index >= 15 is 0 Å². The molecule has 0 radical (unpaired) electrons. The highest BCUT2D eigenvalue weighted by Crippen LogP contribution is 2.13. The molecule has 0 aliphatic carbocycles. The Morgan fingerprint density at radius 3 is 2.88 bits per heavy atom. The van der Waals surface area contributed by atoms with E-state index in [4.69, 9.17) is 9.15 Å². The topological polar surface area (TPSA) is 42.7 Å². The van der Waals surface area contributed by atoms with Gasteiger partial charge < -0.3 is 14.1 Å². The average molecular weight is 235 g/mol. The third-order valence-corrected chi connectivity index (χ3v) is 3.02. The van der Waals surface area contributed by atoms with Crippen molar-refractivity contribution in [3.8, 4) is 0 Å². The van der Waals surface area contributed by atoms with Crippen LogP contribution in [0.25, 0.3) is 6.08 Å². The summed E-state index contributed by atoms with van der Waals surface area (Å²) in [5, 5.41) is 0. The molecule has 2 heterocycles. The van der Waals surface area contributed by atoms with Gasteiger partial charge >= 0.3 is 0 Å². The fourth-order valence-electron chi connectivity index (χ4n) is 1.96. The van der Waals surface area contributed by atoms with Gasteiger partial charge in [-0.05, 0) is 31.1 Å². The first-order valence-electron chi connectivity index (χ1n) is 5.83. The van der Waals surface area contributed by atoms with E-state index in [0.717, 1.165) is 25.9 Å². The van der Waals surface area contributed by atoms with Gasteiger partial charge in [0, 0.05) is 26.3 Å². The van der Waals surface area contributed by atoms with Crippen LogP contribution in [0.15, 0.2) is 28.9 Å². The molecule has 17 heavy (non-hydrogen) atoms. The number of methoxy groups -OCH3 is 1. The van der Waals surface area contributed by atoms with Crippen molar-refractivity contribution in [2.24, 2.45) is 0 Å². The van der Waals surface area contributed by atoms with Crippen molar-refractivity contribution in [2.45, 2.75) is 18.9 Å². The van der Waals surface area contributed by atoms with Gasteiger partial charge in [0.2, 0.25) is 5.91 Å². The zero-order valence-electron chi connectivity index (χ0n) is 9.96. The van der Waals surface area contributed by atoms with Crippen LogP contribution in [0.2, 0.25) is 0 Å². The van der Waals surface area contributed by atoms with E-state index in [1.54, 1.807) is 31.6 Å². The molecule has 0 atom stereocenters. The number of hydrogen-bond acceptors (Lipinski definition) is 3. The van der Waals surface area contributed by atoms with Gasteiger partial charge in [0.15, 0.2) is 0 Å². The predicted molar refractivity (Wildman–Crippen MR) is 64.4 cm³/mol. The lowest BCUT2D eigenvalue weighted by molar-refractivity contribution is -0.128. The van der Waals surface area contributed by atoms with Crippen LogP contribution in [-0.2, 0) is 9.53 Å². The van der Waals surface area contributed by atoms with Gasteiger partial charge in [0.1, 0.15) is 5.76 Å². The summed E-state index contributed by atoms with van der Waals surface area (Å²) < 4.78 is 10.4. The van der Waals surface area contributed by atoms with Gasteiger partial charge in [-0.1, -0.05) is 0 Å². The molecule has 1 aromatic heterocycles. The second kappa shape index (κ2) is 5.68. The van der Waals surface area contributed by atoms with Gasteiger partial charge in [0.05, 0.1) is 12.4 Å². The van der Waals surface area contributed by atoms with E-state index in [1.165, 1.54) is 0 Å². The molecular weight excluding hydrogens is 218 g/mol. The van der Waals surface area contributed by atoms with E-state index in [9.17, 15) is 4.79 Å². The first-order chi connectivity index (χ1) is 8.29. The molecule has 0 aromatic carbocycles. The minimum Gasteiger partial charge on any atom is -0.465 e. The maximum absolute atomic E-state index is 11.8. The molecule has 2 rings (SSSR count). The van der Waals surface area contributed by atoms with Crippen molar-refractivity contribution in [1.82, 2.24) is 4.90 Å². The van der Waals surface area contributed by atoms with Gasteiger partial charge in [0.25, 0.3) is 0 Å². The number of amides is 1. The summed E-state index contributed by atoms with van der Waals surface area (Å²) in [7, 11) is 1.72. The van der Waals surface area contributed by atoms with E-state index in [-0.39, 0.29) is 5.91 Å². The largest absolute Gasteiger partial charge is 0.465 e. The Balaban J connectivity index is 1.85. The monoisotopic (exact) mass is 235 g/mol. The number of carbonyl (C=O) groups excluding carboxylic acids is 1. The Kier molecular flexibility index (Phi) is 3.98. The molecule has 1 saturated heterocycles. The maximum Gasteiger partial charge on any atom is 0.246 e. The van der Waals surface area contributed by atoms with Crippen LogP contribution in [0, 0.1) is 0 Å². The molecule has 1 aliphatic heterocycles. The highest BCUT2D eigenvalue weighted by atomic mass is 16.5. The number of carbonyl (C=O) groups is 1. The van der Waals surface area contributed by atoms with E-state index < -0.39 is 0 Å². The Bertz CT molecular complexity index is 375. The maximum atomic E-state index is 11.8. The first-order valence-corrected chi connectivity index (χ1v) is 5.83. The average Bonchev–Trinajstić information content (AvgIpc) is 2.89. The van der Waals surface area contributed by atoms with Gasteiger partial charge in [-0.3, -0.25) is 4.79 Å². The molecule has 1 aliphatic rings. The summed E-state index contributed by atoms with van der Waals surface area (Å²) in [4.78, 5) is 13.7. The van der Waals surface area contributed by atoms with Crippen LogP contribution >= 0.6 is 0 Å². The Labute approximate surface area is 101 Å². The molecule has 92 valence electrons. The van der Waals surface area contributed by atoms with Crippen molar-refractivity contribution in [1.29, 1.82) is 0 Å². The SMILES string of the molecule is COC1CCN(C(=O)/C=C/c2ccco2)CC1. The Morgan fingerprint density at radius 2 is 2.29 bits per heavy atom. The summed E-state index contributed by atoms with van der Waals surface area (Å²) in [5.74, 6) is 0.737. The molecule has 4 heteroatoms. The second-order valence-electron chi connectivity index (χ2n) is 4.11. The molecule has 4 nitrogen and oxygen atoms in total. The standard InChI is InChI=1S/C13H17NO3/c1-16-11-6-8-14(9-7-11)13(15)5-4-12-3-2-10-17-12/h2-5,10-11H,6-9H2,1H3/b5-4+. The number of likely N-dealkylation sites (tertiary alicyclic amines) is 1. The summed E-state index contributed by atoms with van der Waals surface area (Å²) in [6.45, 7) is 1.53. The molecule has 0 bridgehead atoms. The molecule has 0 saturated carbocycles. The highest BCUT2D eigenvalue weighted by molar-refractivity contribution is 5.91. The van der Waals surface area contributed by atoms with Crippen LogP contribution in [0.5, 0.6) is 0 Å². The molecule has 0 spiro atoms. The minimum absolute atomic E-state index is 0.0379. The summed E-state index contributed by atoms with van der Waals surface area (Å²) in [5.41, 5.74) is 0. The highest BCUT2D eigenvalue weighted by Gasteiger charge is 2.20. The van der Waals surface area contributed by atoms with Crippen molar-refractivity contribution in [3.05, 3.63) is 30.2 Å². The van der Waals surface area contributed by atoms with Crippen LogP contribution in [0.3, 0.4) is 0 Å². The third-order valence-electron chi connectivity index (χ3n) is 3.02.